The van der Waals surface area contributed by atoms with E-state index in [1.54, 1.807) is 0 Å². The molecule has 1 heterocycles. The summed E-state index contributed by atoms with van der Waals surface area (Å²) in [5, 5.41) is 12.3. The summed E-state index contributed by atoms with van der Waals surface area (Å²) >= 11 is 0. The van der Waals surface area contributed by atoms with Crippen molar-refractivity contribution in [1.82, 2.24) is 10.2 Å². The second-order valence-corrected chi connectivity index (χ2v) is 7.00. The summed E-state index contributed by atoms with van der Waals surface area (Å²) in [5.41, 5.74) is 0.711. The SMILES string of the molecule is CC(C)(C)OC(=O)N[C@H]1CCN(Cc2ccccc2)C[C@@H]1C#N. The molecule has 23 heavy (non-hydrogen) atoms. The number of nitrogens with one attached hydrogen (secondary N) is 1. The van der Waals surface area contributed by atoms with Gasteiger partial charge in [-0.3, -0.25) is 4.90 Å². The highest BCUT2D eigenvalue weighted by atomic mass is 16.6. The molecule has 5 nitrogen and oxygen atoms in total. The number of likely N-dealkylation sites (tertiary alicyclic amines) is 1. The number of ether oxygens (including phenoxy) is 1. The van der Waals surface area contributed by atoms with Crippen LogP contribution in [-0.2, 0) is 11.3 Å². The molecule has 1 saturated heterocycles. The van der Waals surface area contributed by atoms with Crippen LogP contribution in [0, 0.1) is 17.2 Å². The number of amides is 1. The van der Waals surface area contributed by atoms with Crippen LogP contribution >= 0.6 is 0 Å². The van der Waals surface area contributed by atoms with Crippen molar-refractivity contribution in [3.63, 3.8) is 0 Å². The number of piperidine rings is 1. The van der Waals surface area contributed by atoms with E-state index in [1.165, 1.54) is 5.56 Å². The van der Waals surface area contributed by atoms with Gasteiger partial charge in [0.15, 0.2) is 0 Å². The maximum absolute atomic E-state index is 11.9. The van der Waals surface area contributed by atoms with Gasteiger partial charge in [-0.2, -0.15) is 5.26 Å². The number of alkyl carbamates (subject to hydrolysis) is 1. The van der Waals surface area contributed by atoms with E-state index < -0.39 is 11.7 Å². The highest BCUT2D eigenvalue weighted by molar-refractivity contribution is 5.68. The third kappa shape index (κ3) is 5.57. The molecule has 1 aliphatic rings. The fourth-order valence-corrected chi connectivity index (χ4v) is 2.77. The van der Waals surface area contributed by atoms with Crippen molar-refractivity contribution in [3.05, 3.63) is 35.9 Å². The molecule has 1 fully saturated rings. The zero-order valence-corrected chi connectivity index (χ0v) is 14.1. The first-order valence-corrected chi connectivity index (χ1v) is 8.03. The number of nitrogens with zero attached hydrogens (tertiary/aromatic N) is 2. The molecule has 0 spiro atoms. The van der Waals surface area contributed by atoms with E-state index in [0.29, 0.717) is 6.54 Å². The van der Waals surface area contributed by atoms with Crippen LogP contribution in [0.1, 0.15) is 32.8 Å². The van der Waals surface area contributed by atoms with Crippen molar-refractivity contribution in [2.75, 3.05) is 13.1 Å². The Labute approximate surface area is 138 Å². The van der Waals surface area contributed by atoms with Crippen LogP contribution in [0.15, 0.2) is 30.3 Å². The fraction of sp³-hybridized carbons (Fsp3) is 0.556. The molecule has 0 bridgehead atoms. The predicted molar refractivity (Wildman–Crippen MR) is 88.6 cm³/mol. The number of nitriles is 1. The van der Waals surface area contributed by atoms with Crippen molar-refractivity contribution in [2.45, 2.75) is 45.4 Å². The largest absolute Gasteiger partial charge is 0.444 e. The van der Waals surface area contributed by atoms with Gasteiger partial charge in [0.1, 0.15) is 5.60 Å². The van der Waals surface area contributed by atoms with Crippen molar-refractivity contribution < 1.29 is 9.53 Å². The average molecular weight is 315 g/mol. The van der Waals surface area contributed by atoms with E-state index in [0.717, 1.165) is 19.5 Å². The smallest absolute Gasteiger partial charge is 0.407 e. The first-order chi connectivity index (χ1) is 10.9. The van der Waals surface area contributed by atoms with Crippen LogP contribution in [0.25, 0.3) is 0 Å². The molecule has 1 N–H and O–H groups in total. The van der Waals surface area contributed by atoms with E-state index in [9.17, 15) is 10.1 Å². The van der Waals surface area contributed by atoms with Crippen molar-refractivity contribution >= 4 is 6.09 Å². The molecule has 124 valence electrons. The Morgan fingerprint density at radius 1 is 1.39 bits per heavy atom. The lowest BCUT2D eigenvalue weighted by Gasteiger charge is -2.36. The first kappa shape index (κ1) is 17.3. The highest BCUT2D eigenvalue weighted by Crippen LogP contribution is 2.19. The van der Waals surface area contributed by atoms with E-state index in [4.69, 9.17) is 4.74 Å². The number of carbonyl (C=O) groups is 1. The topological polar surface area (TPSA) is 65.4 Å². The van der Waals surface area contributed by atoms with E-state index in [1.807, 2.05) is 39.0 Å². The van der Waals surface area contributed by atoms with Crippen molar-refractivity contribution in [1.29, 1.82) is 5.26 Å². The summed E-state index contributed by atoms with van der Waals surface area (Å²) in [6.07, 6.45) is 0.309. The van der Waals surface area contributed by atoms with Gasteiger partial charge in [0.25, 0.3) is 0 Å². The Morgan fingerprint density at radius 2 is 2.09 bits per heavy atom. The van der Waals surface area contributed by atoms with Crippen LogP contribution in [0.2, 0.25) is 0 Å². The van der Waals surface area contributed by atoms with Crippen molar-refractivity contribution in [2.24, 2.45) is 5.92 Å². The van der Waals surface area contributed by atoms with Gasteiger partial charge in [0.2, 0.25) is 0 Å². The molecule has 1 aromatic rings. The molecule has 2 atom stereocenters. The quantitative estimate of drug-likeness (QED) is 0.931. The van der Waals surface area contributed by atoms with Crippen LogP contribution in [0.5, 0.6) is 0 Å². The van der Waals surface area contributed by atoms with Crippen LogP contribution in [0.3, 0.4) is 0 Å². The Morgan fingerprint density at radius 3 is 2.70 bits per heavy atom. The Hall–Kier alpha value is -2.06. The molecule has 1 aliphatic heterocycles. The lowest BCUT2D eigenvalue weighted by Crippen LogP contribution is -2.51. The summed E-state index contributed by atoms with van der Waals surface area (Å²) in [5.74, 6) is -0.222. The standard InChI is InChI=1S/C18H25N3O2/c1-18(2,3)23-17(22)20-16-9-10-21(13-15(16)11-19)12-14-7-5-4-6-8-14/h4-8,15-16H,9-10,12-13H2,1-3H3,(H,20,22)/t15-,16-/m0/s1. The molecular weight excluding hydrogens is 290 g/mol. The summed E-state index contributed by atoms with van der Waals surface area (Å²) in [4.78, 5) is 14.2. The van der Waals surface area contributed by atoms with Crippen molar-refractivity contribution in [3.8, 4) is 6.07 Å². The minimum atomic E-state index is -0.528. The molecule has 1 amide bonds. The summed E-state index contributed by atoms with van der Waals surface area (Å²) in [7, 11) is 0. The monoisotopic (exact) mass is 315 g/mol. The van der Waals surface area contributed by atoms with Gasteiger partial charge in [-0.25, -0.2) is 4.79 Å². The van der Waals surface area contributed by atoms with Gasteiger partial charge in [-0.15, -0.1) is 0 Å². The van der Waals surface area contributed by atoms with Crippen LogP contribution < -0.4 is 5.32 Å². The molecule has 1 aromatic carbocycles. The zero-order chi connectivity index (χ0) is 16.9. The Bertz CT molecular complexity index is 560. The van der Waals surface area contributed by atoms with Crippen LogP contribution in [0.4, 0.5) is 4.79 Å². The minimum absolute atomic E-state index is 0.151. The summed E-state index contributed by atoms with van der Waals surface area (Å²) < 4.78 is 5.28. The predicted octanol–water partition coefficient (Wildman–Crippen LogP) is 2.93. The first-order valence-electron chi connectivity index (χ1n) is 8.03. The maximum atomic E-state index is 11.9. The molecule has 0 radical (unpaired) electrons. The molecule has 0 unspecified atom stereocenters. The molecular formula is C18H25N3O2. The van der Waals surface area contributed by atoms with Gasteiger partial charge in [-0.05, 0) is 32.8 Å². The second-order valence-electron chi connectivity index (χ2n) is 7.00. The molecule has 0 aliphatic carbocycles. The van der Waals surface area contributed by atoms with Gasteiger partial charge in [-0.1, -0.05) is 30.3 Å². The number of benzene rings is 1. The van der Waals surface area contributed by atoms with E-state index in [2.05, 4.69) is 28.4 Å². The third-order valence-corrected chi connectivity index (χ3v) is 3.81. The second kappa shape index (κ2) is 7.47. The summed E-state index contributed by atoms with van der Waals surface area (Å²) in [6.45, 7) is 7.84. The van der Waals surface area contributed by atoms with Gasteiger partial charge < -0.3 is 10.1 Å². The average Bonchev–Trinajstić information content (AvgIpc) is 2.48. The van der Waals surface area contributed by atoms with E-state index >= 15 is 0 Å². The summed E-state index contributed by atoms with van der Waals surface area (Å²) in [6, 6.07) is 12.4. The van der Waals surface area contributed by atoms with Gasteiger partial charge in [0.05, 0.1) is 18.0 Å². The maximum Gasteiger partial charge on any atom is 0.407 e. The van der Waals surface area contributed by atoms with Crippen LogP contribution in [-0.4, -0.2) is 35.7 Å². The van der Waals surface area contributed by atoms with E-state index in [-0.39, 0.29) is 12.0 Å². The third-order valence-electron chi connectivity index (χ3n) is 3.81. The molecule has 0 aromatic heterocycles. The normalized spacial score (nSPS) is 22.2. The Balaban J connectivity index is 1.89. The zero-order valence-electron chi connectivity index (χ0n) is 14.1. The highest BCUT2D eigenvalue weighted by Gasteiger charge is 2.31. The molecule has 5 heteroatoms. The molecule has 2 rings (SSSR count). The molecule has 0 saturated carbocycles. The lowest BCUT2D eigenvalue weighted by atomic mass is 9.93. The Kier molecular flexibility index (Phi) is 5.62. The number of hydrogen-bond donors (Lipinski definition) is 1. The number of carbonyl (C=O) groups excluding carboxylic acids is 1. The minimum Gasteiger partial charge on any atom is -0.444 e. The van der Waals surface area contributed by atoms with Gasteiger partial charge >= 0.3 is 6.09 Å². The number of rotatable bonds is 3. The van der Waals surface area contributed by atoms with Gasteiger partial charge in [0, 0.05) is 19.6 Å². The fourth-order valence-electron chi connectivity index (χ4n) is 2.77. The number of hydrogen-bond acceptors (Lipinski definition) is 4. The lowest BCUT2D eigenvalue weighted by molar-refractivity contribution is 0.0455.